The molecule has 1 heterocycles. The first-order chi connectivity index (χ1) is 8.13. The summed E-state index contributed by atoms with van der Waals surface area (Å²) in [5, 5.41) is 3.66. The van der Waals surface area contributed by atoms with E-state index in [0.29, 0.717) is 6.04 Å². The van der Waals surface area contributed by atoms with Crippen molar-refractivity contribution in [3.63, 3.8) is 0 Å². The molecular weight excluding hydrogens is 208 g/mol. The highest BCUT2D eigenvalue weighted by molar-refractivity contribution is 5.22. The Morgan fingerprint density at radius 3 is 2.71 bits per heavy atom. The van der Waals surface area contributed by atoms with Crippen LogP contribution in [0, 0.1) is 12.8 Å². The molecule has 2 nitrogen and oxygen atoms in total. The fraction of sp³-hybridized carbons (Fsp3) is 0.667. The molecule has 96 valence electrons. The van der Waals surface area contributed by atoms with Crippen molar-refractivity contribution in [3.8, 4) is 0 Å². The second kappa shape index (κ2) is 7.44. The Morgan fingerprint density at radius 1 is 1.35 bits per heavy atom. The zero-order valence-electron chi connectivity index (χ0n) is 11.7. The van der Waals surface area contributed by atoms with Crippen molar-refractivity contribution in [3.05, 3.63) is 29.6 Å². The van der Waals surface area contributed by atoms with Gasteiger partial charge in [-0.2, -0.15) is 0 Å². The standard InChI is InChI=1S/C15H26N2/c1-5-7-17-15(9-12(2)3)10-14-6-8-16-11-13(14)4/h6,8,11-12,15,17H,5,7,9-10H2,1-4H3. The summed E-state index contributed by atoms with van der Waals surface area (Å²) in [6.07, 6.45) is 7.41. The first-order valence-corrected chi connectivity index (χ1v) is 6.76. The summed E-state index contributed by atoms with van der Waals surface area (Å²) in [5.74, 6) is 0.742. The number of hydrogen-bond donors (Lipinski definition) is 1. The van der Waals surface area contributed by atoms with E-state index in [1.54, 1.807) is 0 Å². The van der Waals surface area contributed by atoms with Gasteiger partial charge in [0.25, 0.3) is 0 Å². The van der Waals surface area contributed by atoms with Crippen molar-refractivity contribution >= 4 is 0 Å². The minimum Gasteiger partial charge on any atom is -0.314 e. The van der Waals surface area contributed by atoms with Crippen molar-refractivity contribution in [1.82, 2.24) is 10.3 Å². The van der Waals surface area contributed by atoms with Crippen LogP contribution in [-0.2, 0) is 6.42 Å². The van der Waals surface area contributed by atoms with Gasteiger partial charge in [-0.25, -0.2) is 0 Å². The van der Waals surface area contributed by atoms with E-state index in [1.807, 2.05) is 12.4 Å². The Bertz CT molecular complexity index is 320. The Labute approximate surface area is 106 Å². The normalized spacial score (nSPS) is 13.0. The smallest absolute Gasteiger partial charge is 0.0299 e. The number of hydrogen-bond acceptors (Lipinski definition) is 2. The van der Waals surface area contributed by atoms with Gasteiger partial charge in [0.1, 0.15) is 0 Å². The molecule has 1 N–H and O–H groups in total. The summed E-state index contributed by atoms with van der Waals surface area (Å²) in [6, 6.07) is 2.74. The van der Waals surface area contributed by atoms with Crippen LogP contribution < -0.4 is 5.32 Å². The summed E-state index contributed by atoms with van der Waals surface area (Å²) < 4.78 is 0. The molecule has 1 rings (SSSR count). The van der Waals surface area contributed by atoms with E-state index < -0.39 is 0 Å². The number of nitrogens with one attached hydrogen (secondary N) is 1. The molecule has 0 aliphatic heterocycles. The molecule has 0 spiro atoms. The Hall–Kier alpha value is -0.890. The third kappa shape index (κ3) is 5.31. The molecule has 0 saturated carbocycles. The largest absolute Gasteiger partial charge is 0.314 e. The van der Waals surface area contributed by atoms with Gasteiger partial charge in [-0.05, 0) is 55.8 Å². The number of aromatic nitrogens is 1. The second-order valence-electron chi connectivity index (χ2n) is 5.29. The van der Waals surface area contributed by atoms with Crippen LogP contribution in [0.1, 0.15) is 44.7 Å². The van der Waals surface area contributed by atoms with E-state index in [9.17, 15) is 0 Å². The van der Waals surface area contributed by atoms with Crippen LogP contribution in [0.5, 0.6) is 0 Å². The van der Waals surface area contributed by atoms with Gasteiger partial charge in [0, 0.05) is 18.4 Å². The van der Waals surface area contributed by atoms with Gasteiger partial charge >= 0.3 is 0 Å². The van der Waals surface area contributed by atoms with Gasteiger partial charge in [-0.15, -0.1) is 0 Å². The summed E-state index contributed by atoms with van der Waals surface area (Å²) in [6.45, 7) is 10.1. The van der Waals surface area contributed by atoms with Crippen molar-refractivity contribution < 1.29 is 0 Å². The van der Waals surface area contributed by atoms with E-state index in [0.717, 1.165) is 18.9 Å². The zero-order chi connectivity index (χ0) is 12.7. The first-order valence-electron chi connectivity index (χ1n) is 6.76. The number of aryl methyl sites for hydroxylation is 1. The highest BCUT2D eigenvalue weighted by atomic mass is 14.9. The van der Waals surface area contributed by atoms with Crippen molar-refractivity contribution in [1.29, 1.82) is 0 Å². The molecular formula is C15H26N2. The Morgan fingerprint density at radius 2 is 2.12 bits per heavy atom. The van der Waals surface area contributed by atoms with E-state index in [2.05, 4.69) is 44.1 Å². The average Bonchev–Trinajstić information content (AvgIpc) is 2.28. The maximum atomic E-state index is 4.15. The van der Waals surface area contributed by atoms with Gasteiger partial charge < -0.3 is 5.32 Å². The van der Waals surface area contributed by atoms with Gasteiger partial charge in [0.15, 0.2) is 0 Å². The predicted molar refractivity (Wildman–Crippen MR) is 74.2 cm³/mol. The van der Waals surface area contributed by atoms with Crippen molar-refractivity contribution in [2.24, 2.45) is 5.92 Å². The van der Waals surface area contributed by atoms with Crippen LogP contribution >= 0.6 is 0 Å². The fourth-order valence-electron chi connectivity index (χ4n) is 2.15. The highest BCUT2D eigenvalue weighted by Gasteiger charge is 2.11. The summed E-state index contributed by atoms with van der Waals surface area (Å²) in [7, 11) is 0. The van der Waals surface area contributed by atoms with E-state index in [4.69, 9.17) is 0 Å². The van der Waals surface area contributed by atoms with Crippen LogP contribution in [-0.4, -0.2) is 17.6 Å². The minimum atomic E-state index is 0.594. The Kier molecular flexibility index (Phi) is 6.20. The molecule has 0 radical (unpaired) electrons. The van der Waals surface area contributed by atoms with Crippen LogP contribution in [0.25, 0.3) is 0 Å². The molecule has 1 atom stereocenters. The van der Waals surface area contributed by atoms with Crippen LogP contribution in [0.2, 0.25) is 0 Å². The fourth-order valence-corrected chi connectivity index (χ4v) is 2.15. The van der Waals surface area contributed by atoms with E-state index in [1.165, 1.54) is 24.0 Å². The zero-order valence-corrected chi connectivity index (χ0v) is 11.7. The monoisotopic (exact) mass is 234 g/mol. The molecule has 1 aromatic rings. The molecule has 1 aromatic heterocycles. The van der Waals surface area contributed by atoms with E-state index in [-0.39, 0.29) is 0 Å². The number of rotatable bonds is 7. The molecule has 0 aromatic carbocycles. The SMILES string of the molecule is CCCNC(Cc1ccncc1C)CC(C)C. The van der Waals surface area contributed by atoms with Crippen LogP contribution in [0.15, 0.2) is 18.5 Å². The van der Waals surface area contributed by atoms with Crippen LogP contribution in [0.3, 0.4) is 0 Å². The van der Waals surface area contributed by atoms with Gasteiger partial charge in [0.2, 0.25) is 0 Å². The minimum absolute atomic E-state index is 0.594. The molecule has 0 fully saturated rings. The first kappa shape index (κ1) is 14.2. The van der Waals surface area contributed by atoms with Crippen molar-refractivity contribution in [2.75, 3.05) is 6.54 Å². The number of pyridine rings is 1. The Balaban J connectivity index is 2.61. The molecule has 0 bridgehead atoms. The van der Waals surface area contributed by atoms with Crippen molar-refractivity contribution in [2.45, 2.75) is 53.0 Å². The lowest BCUT2D eigenvalue weighted by Crippen LogP contribution is -2.33. The van der Waals surface area contributed by atoms with E-state index >= 15 is 0 Å². The molecule has 17 heavy (non-hydrogen) atoms. The highest BCUT2D eigenvalue weighted by Crippen LogP contribution is 2.13. The molecule has 0 amide bonds. The second-order valence-corrected chi connectivity index (χ2v) is 5.29. The van der Waals surface area contributed by atoms with Gasteiger partial charge in [-0.1, -0.05) is 20.8 Å². The third-order valence-electron chi connectivity index (χ3n) is 3.04. The quantitative estimate of drug-likeness (QED) is 0.782. The molecule has 1 unspecified atom stereocenters. The molecule has 0 aliphatic rings. The molecule has 2 heteroatoms. The third-order valence-corrected chi connectivity index (χ3v) is 3.04. The lowest BCUT2D eigenvalue weighted by molar-refractivity contribution is 0.416. The maximum Gasteiger partial charge on any atom is 0.0299 e. The lowest BCUT2D eigenvalue weighted by atomic mass is 9.96. The van der Waals surface area contributed by atoms with Gasteiger partial charge in [-0.3, -0.25) is 4.98 Å². The predicted octanol–water partition coefficient (Wildman–Crippen LogP) is 3.35. The summed E-state index contributed by atoms with van der Waals surface area (Å²) in [5.41, 5.74) is 2.73. The van der Waals surface area contributed by atoms with Crippen LogP contribution in [0.4, 0.5) is 0 Å². The number of nitrogens with zero attached hydrogens (tertiary/aromatic N) is 1. The molecule has 0 aliphatic carbocycles. The topological polar surface area (TPSA) is 24.9 Å². The molecule has 0 saturated heterocycles. The summed E-state index contributed by atoms with van der Waals surface area (Å²) >= 11 is 0. The maximum absolute atomic E-state index is 4.15. The van der Waals surface area contributed by atoms with Gasteiger partial charge in [0.05, 0.1) is 0 Å². The summed E-state index contributed by atoms with van der Waals surface area (Å²) in [4.78, 5) is 4.15. The average molecular weight is 234 g/mol. The lowest BCUT2D eigenvalue weighted by Gasteiger charge is -2.21.